The zero-order valence-corrected chi connectivity index (χ0v) is 17.9. The van der Waals surface area contributed by atoms with Gasteiger partial charge in [-0.15, -0.1) is 0 Å². The molecule has 8 heteroatoms. The molecule has 3 aromatic rings. The molecule has 3 rings (SSSR count). The zero-order chi connectivity index (χ0) is 22.1. The maximum Gasteiger partial charge on any atom is 0.325 e. The standard InChI is InChI=1S/C23H19ClN2O4S/c24-17-10-12-18(13-11-17)31-20-9-5-4-8-19(20)26-21(27)15-30-22(28)14-25-23(29)16-6-2-1-3-7-16/h1-13H,14-15H2,(H,25,29)(H,26,27). The molecule has 158 valence electrons. The van der Waals surface area contributed by atoms with Gasteiger partial charge in [0.25, 0.3) is 11.8 Å². The van der Waals surface area contributed by atoms with Gasteiger partial charge in [-0.05, 0) is 48.5 Å². The zero-order valence-electron chi connectivity index (χ0n) is 16.3. The molecule has 0 aliphatic carbocycles. The highest BCUT2D eigenvalue weighted by Crippen LogP contribution is 2.33. The fourth-order valence-electron chi connectivity index (χ4n) is 2.52. The highest BCUT2D eigenvalue weighted by Gasteiger charge is 2.12. The summed E-state index contributed by atoms with van der Waals surface area (Å²) in [6.45, 7) is -0.788. The minimum atomic E-state index is -0.705. The van der Waals surface area contributed by atoms with Gasteiger partial charge in [-0.2, -0.15) is 0 Å². The van der Waals surface area contributed by atoms with Gasteiger partial charge in [0.1, 0.15) is 6.54 Å². The second kappa shape index (κ2) is 11.2. The van der Waals surface area contributed by atoms with E-state index in [1.54, 1.807) is 54.6 Å². The largest absolute Gasteiger partial charge is 0.454 e. The molecule has 0 unspecified atom stereocenters. The Balaban J connectivity index is 1.48. The topological polar surface area (TPSA) is 84.5 Å². The predicted octanol–water partition coefficient (Wildman–Crippen LogP) is 4.40. The van der Waals surface area contributed by atoms with Crippen LogP contribution in [0.3, 0.4) is 0 Å². The normalized spacial score (nSPS) is 10.2. The molecule has 0 aliphatic heterocycles. The van der Waals surface area contributed by atoms with Crippen molar-refractivity contribution in [1.82, 2.24) is 5.32 Å². The van der Waals surface area contributed by atoms with E-state index < -0.39 is 24.4 Å². The third-order valence-corrected chi connectivity index (χ3v) is 5.33. The minimum Gasteiger partial charge on any atom is -0.454 e. The molecule has 0 radical (unpaired) electrons. The highest BCUT2D eigenvalue weighted by atomic mass is 35.5. The first kappa shape index (κ1) is 22.4. The molecule has 0 saturated carbocycles. The van der Waals surface area contributed by atoms with Crippen molar-refractivity contribution < 1.29 is 19.1 Å². The summed E-state index contributed by atoms with van der Waals surface area (Å²) in [6, 6.07) is 23.2. The molecule has 0 aromatic heterocycles. The van der Waals surface area contributed by atoms with E-state index in [9.17, 15) is 14.4 Å². The summed E-state index contributed by atoms with van der Waals surface area (Å²) in [7, 11) is 0. The summed E-state index contributed by atoms with van der Waals surface area (Å²) in [5, 5.41) is 5.84. The number of esters is 1. The average Bonchev–Trinajstić information content (AvgIpc) is 2.79. The van der Waals surface area contributed by atoms with Crippen molar-refractivity contribution in [3.05, 3.63) is 89.4 Å². The molecule has 6 nitrogen and oxygen atoms in total. The third-order valence-electron chi connectivity index (χ3n) is 4.00. The van der Waals surface area contributed by atoms with Gasteiger partial charge in [0, 0.05) is 20.4 Å². The fourth-order valence-corrected chi connectivity index (χ4v) is 3.54. The smallest absolute Gasteiger partial charge is 0.325 e. The Hall–Kier alpha value is -3.29. The van der Waals surface area contributed by atoms with Crippen LogP contribution in [0.1, 0.15) is 10.4 Å². The lowest BCUT2D eigenvalue weighted by Gasteiger charge is -2.11. The van der Waals surface area contributed by atoms with E-state index in [0.29, 0.717) is 16.3 Å². The Morgan fingerprint density at radius 3 is 2.29 bits per heavy atom. The molecule has 0 spiro atoms. The van der Waals surface area contributed by atoms with Gasteiger partial charge in [-0.25, -0.2) is 0 Å². The van der Waals surface area contributed by atoms with Crippen molar-refractivity contribution >= 4 is 46.8 Å². The van der Waals surface area contributed by atoms with Crippen molar-refractivity contribution in [3.8, 4) is 0 Å². The first-order valence-corrected chi connectivity index (χ1v) is 10.5. The quantitative estimate of drug-likeness (QED) is 0.493. The number of ether oxygens (including phenoxy) is 1. The Morgan fingerprint density at radius 1 is 0.871 bits per heavy atom. The van der Waals surface area contributed by atoms with Crippen LogP contribution in [0.25, 0.3) is 0 Å². The number of carbonyl (C=O) groups excluding carboxylic acids is 3. The number of nitrogens with one attached hydrogen (secondary N) is 2. The molecule has 0 heterocycles. The molecule has 3 aromatic carbocycles. The summed E-state index contributed by atoms with van der Waals surface area (Å²) in [5.74, 6) is -1.58. The summed E-state index contributed by atoms with van der Waals surface area (Å²) < 4.78 is 4.95. The third kappa shape index (κ3) is 7.16. The number of halogens is 1. The van der Waals surface area contributed by atoms with Crippen LogP contribution in [0.5, 0.6) is 0 Å². The molecule has 2 N–H and O–H groups in total. The van der Waals surface area contributed by atoms with Gasteiger partial charge in [0.05, 0.1) is 5.69 Å². The summed E-state index contributed by atoms with van der Waals surface area (Å²) in [5.41, 5.74) is 1.03. The molecule has 0 bridgehead atoms. The van der Waals surface area contributed by atoms with Crippen LogP contribution in [0, 0.1) is 0 Å². The Kier molecular flexibility index (Phi) is 8.09. The van der Waals surface area contributed by atoms with Gasteiger partial charge in [0.2, 0.25) is 0 Å². The van der Waals surface area contributed by atoms with E-state index in [0.717, 1.165) is 9.79 Å². The van der Waals surface area contributed by atoms with Gasteiger partial charge in [-0.3, -0.25) is 14.4 Å². The molecule has 0 saturated heterocycles. The summed E-state index contributed by atoms with van der Waals surface area (Å²) >= 11 is 7.39. The second-order valence-corrected chi connectivity index (χ2v) is 7.86. The van der Waals surface area contributed by atoms with Crippen LogP contribution in [0.15, 0.2) is 88.7 Å². The van der Waals surface area contributed by atoms with E-state index in [-0.39, 0.29) is 6.54 Å². The lowest BCUT2D eigenvalue weighted by atomic mass is 10.2. The number of carbonyl (C=O) groups is 3. The monoisotopic (exact) mass is 454 g/mol. The molecule has 0 aliphatic rings. The van der Waals surface area contributed by atoms with Crippen LogP contribution < -0.4 is 10.6 Å². The molecule has 0 atom stereocenters. The van der Waals surface area contributed by atoms with Gasteiger partial charge >= 0.3 is 5.97 Å². The van der Waals surface area contributed by atoms with Crippen LogP contribution in [0.2, 0.25) is 5.02 Å². The summed E-state index contributed by atoms with van der Waals surface area (Å²) in [4.78, 5) is 37.8. The van der Waals surface area contributed by atoms with Crippen molar-refractivity contribution in [1.29, 1.82) is 0 Å². The van der Waals surface area contributed by atoms with E-state index in [4.69, 9.17) is 16.3 Å². The minimum absolute atomic E-state index is 0.329. The summed E-state index contributed by atoms with van der Waals surface area (Å²) in [6.07, 6.45) is 0. The molecule has 2 amide bonds. The highest BCUT2D eigenvalue weighted by molar-refractivity contribution is 7.99. The van der Waals surface area contributed by atoms with E-state index in [2.05, 4.69) is 10.6 Å². The van der Waals surface area contributed by atoms with Gasteiger partial charge < -0.3 is 15.4 Å². The number of amides is 2. The number of anilines is 1. The van der Waals surface area contributed by atoms with Gasteiger partial charge in [0.15, 0.2) is 6.61 Å². The van der Waals surface area contributed by atoms with Crippen LogP contribution in [-0.2, 0) is 14.3 Å². The van der Waals surface area contributed by atoms with E-state index in [1.165, 1.54) is 11.8 Å². The Bertz CT molecular complexity index is 1060. The van der Waals surface area contributed by atoms with Crippen LogP contribution in [-0.4, -0.2) is 30.9 Å². The number of para-hydroxylation sites is 1. The molecular formula is C23H19ClN2O4S. The van der Waals surface area contributed by atoms with Crippen molar-refractivity contribution in [2.45, 2.75) is 9.79 Å². The van der Waals surface area contributed by atoms with E-state index in [1.807, 2.05) is 24.3 Å². The Morgan fingerprint density at radius 2 is 1.55 bits per heavy atom. The SMILES string of the molecule is O=C(COC(=O)CNC(=O)c1ccccc1)Nc1ccccc1Sc1ccc(Cl)cc1. The van der Waals surface area contributed by atoms with Crippen molar-refractivity contribution in [3.63, 3.8) is 0 Å². The fraction of sp³-hybridized carbons (Fsp3) is 0.0870. The second-order valence-electron chi connectivity index (χ2n) is 6.31. The Labute approximate surface area is 188 Å². The lowest BCUT2D eigenvalue weighted by molar-refractivity contribution is -0.146. The van der Waals surface area contributed by atoms with Gasteiger partial charge in [-0.1, -0.05) is 53.7 Å². The molecular weight excluding hydrogens is 436 g/mol. The number of benzene rings is 3. The van der Waals surface area contributed by atoms with Crippen LogP contribution >= 0.6 is 23.4 Å². The number of hydrogen-bond donors (Lipinski definition) is 2. The predicted molar refractivity (Wildman–Crippen MR) is 120 cm³/mol. The lowest BCUT2D eigenvalue weighted by Crippen LogP contribution is -2.32. The average molecular weight is 455 g/mol. The maximum atomic E-state index is 12.2. The first-order valence-electron chi connectivity index (χ1n) is 9.32. The van der Waals surface area contributed by atoms with Crippen molar-refractivity contribution in [2.24, 2.45) is 0 Å². The molecule has 0 fully saturated rings. The number of hydrogen-bond acceptors (Lipinski definition) is 5. The first-order chi connectivity index (χ1) is 15.0. The maximum absolute atomic E-state index is 12.2. The van der Waals surface area contributed by atoms with E-state index >= 15 is 0 Å². The molecule has 31 heavy (non-hydrogen) atoms. The van der Waals surface area contributed by atoms with Crippen molar-refractivity contribution in [2.75, 3.05) is 18.5 Å². The number of rotatable bonds is 8. The van der Waals surface area contributed by atoms with Crippen LogP contribution in [0.4, 0.5) is 5.69 Å².